The van der Waals surface area contributed by atoms with Crippen molar-refractivity contribution in [2.75, 3.05) is 6.61 Å². The fourth-order valence-electron chi connectivity index (χ4n) is 3.72. The molecule has 4 heteroatoms. The van der Waals surface area contributed by atoms with E-state index in [4.69, 9.17) is 4.74 Å². The van der Waals surface area contributed by atoms with E-state index in [2.05, 4.69) is 11.9 Å². The zero-order valence-corrected chi connectivity index (χ0v) is 14.7. The van der Waals surface area contributed by atoms with E-state index in [1.807, 2.05) is 24.3 Å². The van der Waals surface area contributed by atoms with Gasteiger partial charge < -0.3 is 4.74 Å². The summed E-state index contributed by atoms with van der Waals surface area (Å²) in [5, 5.41) is 0.922. The number of esters is 1. The number of hydrogen-bond acceptors (Lipinski definition) is 4. The zero-order valence-electron chi connectivity index (χ0n) is 14.7. The van der Waals surface area contributed by atoms with Gasteiger partial charge in [0.15, 0.2) is 0 Å². The molecule has 1 aliphatic carbocycles. The van der Waals surface area contributed by atoms with E-state index in [1.165, 1.54) is 0 Å². The first-order chi connectivity index (χ1) is 12.2. The fourth-order valence-corrected chi connectivity index (χ4v) is 3.72. The molecule has 0 spiro atoms. The Labute approximate surface area is 148 Å². The first-order valence-electron chi connectivity index (χ1n) is 9.24. The highest BCUT2D eigenvalue weighted by Crippen LogP contribution is 2.33. The molecule has 2 aromatic rings. The smallest absolute Gasteiger partial charge is 0.340 e. The number of aromatic nitrogens is 1. The van der Waals surface area contributed by atoms with Crippen LogP contribution >= 0.6 is 0 Å². The number of rotatable bonds is 7. The standard InChI is InChI=1S/C21H25NO3/c1-2-3-4-9-17-16(11-12-19(17)23)14-25-21(24)18-10-5-7-15-8-6-13-22-20(15)18/h5-8,10,13,16-17H,2-4,9,11-12,14H2,1H3. The molecule has 2 unspecified atom stereocenters. The van der Waals surface area contributed by atoms with Crippen LogP contribution in [0.25, 0.3) is 10.9 Å². The number of hydrogen-bond donors (Lipinski definition) is 0. The molecular weight excluding hydrogens is 314 g/mol. The lowest BCUT2D eigenvalue weighted by atomic mass is 9.91. The molecule has 132 valence electrons. The van der Waals surface area contributed by atoms with Crippen molar-refractivity contribution < 1.29 is 14.3 Å². The highest BCUT2D eigenvalue weighted by Gasteiger charge is 2.34. The van der Waals surface area contributed by atoms with Crippen LogP contribution in [-0.4, -0.2) is 23.3 Å². The number of ether oxygens (including phenoxy) is 1. The monoisotopic (exact) mass is 339 g/mol. The molecule has 3 rings (SSSR count). The molecule has 1 saturated carbocycles. The van der Waals surface area contributed by atoms with E-state index < -0.39 is 0 Å². The normalized spacial score (nSPS) is 20.1. The van der Waals surface area contributed by atoms with Gasteiger partial charge >= 0.3 is 5.97 Å². The second-order valence-corrected chi connectivity index (χ2v) is 6.85. The second kappa shape index (κ2) is 8.24. The zero-order chi connectivity index (χ0) is 17.6. The molecule has 0 aliphatic heterocycles. The summed E-state index contributed by atoms with van der Waals surface area (Å²) < 4.78 is 5.57. The summed E-state index contributed by atoms with van der Waals surface area (Å²) in [5.74, 6) is 0.209. The van der Waals surface area contributed by atoms with Crippen LogP contribution in [0.1, 0.15) is 55.8 Å². The summed E-state index contributed by atoms with van der Waals surface area (Å²) in [4.78, 5) is 28.9. The van der Waals surface area contributed by atoms with Crippen LogP contribution in [0.5, 0.6) is 0 Å². The van der Waals surface area contributed by atoms with E-state index in [-0.39, 0.29) is 17.8 Å². The number of carbonyl (C=O) groups excluding carboxylic acids is 2. The molecule has 0 amide bonds. The number of carbonyl (C=O) groups is 2. The van der Waals surface area contributed by atoms with Crippen LogP contribution in [0.3, 0.4) is 0 Å². The Kier molecular flexibility index (Phi) is 5.79. The molecule has 4 nitrogen and oxygen atoms in total. The average Bonchev–Trinajstić information content (AvgIpc) is 2.99. The van der Waals surface area contributed by atoms with Gasteiger partial charge in [0.05, 0.1) is 17.7 Å². The molecule has 0 bridgehead atoms. The summed E-state index contributed by atoms with van der Waals surface area (Å²) in [7, 11) is 0. The van der Waals surface area contributed by atoms with Gasteiger partial charge in [0.25, 0.3) is 0 Å². The van der Waals surface area contributed by atoms with Crippen LogP contribution in [0.4, 0.5) is 0 Å². The largest absolute Gasteiger partial charge is 0.462 e. The molecule has 1 aliphatic rings. The quantitative estimate of drug-likeness (QED) is 0.548. The van der Waals surface area contributed by atoms with Crippen molar-refractivity contribution in [3.8, 4) is 0 Å². The van der Waals surface area contributed by atoms with E-state index in [1.54, 1.807) is 12.3 Å². The molecular formula is C21H25NO3. The van der Waals surface area contributed by atoms with Gasteiger partial charge in [0, 0.05) is 29.8 Å². The molecule has 25 heavy (non-hydrogen) atoms. The highest BCUT2D eigenvalue weighted by atomic mass is 16.5. The first kappa shape index (κ1) is 17.6. The molecule has 1 aromatic heterocycles. The minimum absolute atomic E-state index is 0.0602. The fraction of sp³-hybridized carbons (Fsp3) is 0.476. The topological polar surface area (TPSA) is 56.3 Å². The third-order valence-corrected chi connectivity index (χ3v) is 5.14. The summed E-state index contributed by atoms with van der Waals surface area (Å²) in [6.07, 6.45) is 7.42. The van der Waals surface area contributed by atoms with Crippen molar-refractivity contribution in [1.82, 2.24) is 4.98 Å². The number of para-hydroxylation sites is 1. The SMILES string of the molecule is CCCCCC1C(=O)CCC1COC(=O)c1cccc2cccnc12. The third-order valence-electron chi connectivity index (χ3n) is 5.14. The maximum absolute atomic E-state index is 12.5. The minimum Gasteiger partial charge on any atom is -0.462 e. The lowest BCUT2D eigenvalue weighted by molar-refractivity contribution is -0.121. The number of Topliss-reactive ketones (excluding diaryl/α,β-unsaturated/α-hetero) is 1. The van der Waals surface area contributed by atoms with E-state index >= 15 is 0 Å². The highest BCUT2D eigenvalue weighted by molar-refractivity contribution is 6.02. The van der Waals surface area contributed by atoms with Crippen molar-refractivity contribution in [3.63, 3.8) is 0 Å². The number of benzene rings is 1. The second-order valence-electron chi connectivity index (χ2n) is 6.85. The Balaban J connectivity index is 1.64. The molecule has 1 aromatic carbocycles. The molecule has 1 fully saturated rings. The van der Waals surface area contributed by atoms with Gasteiger partial charge in [-0.1, -0.05) is 44.4 Å². The van der Waals surface area contributed by atoms with Crippen LogP contribution in [0, 0.1) is 11.8 Å². The molecule has 0 saturated heterocycles. The van der Waals surface area contributed by atoms with Crippen molar-refractivity contribution in [2.24, 2.45) is 11.8 Å². The summed E-state index contributed by atoms with van der Waals surface area (Å²) in [5.41, 5.74) is 1.15. The van der Waals surface area contributed by atoms with Gasteiger partial charge in [-0.25, -0.2) is 4.79 Å². The Hall–Kier alpha value is -2.23. The van der Waals surface area contributed by atoms with Gasteiger partial charge in [-0.3, -0.25) is 9.78 Å². The average molecular weight is 339 g/mol. The number of pyridine rings is 1. The van der Waals surface area contributed by atoms with Crippen LogP contribution < -0.4 is 0 Å². The number of fused-ring (bicyclic) bond motifs is 1. The van der Waals surface area contributed by atoms with Gasteiger partial charge in [-0.15, -0.1) is 0 Å². The maximum Gasteiger partial charge on any atom is 0.340 e. The van der Waals surface area contributed by atoms with Crippen molar-refractivity contribution >= 4 is 22.7 Å². The van der Waals surface area contributed by atoms with Crippen molar-refractivity contribution in [3.05, 3.63) is 42.1 Å². The van der Waals surface area contributed by atoms with Gasteiger partial charge in [0.2, 0.25) is 0 Å². The molecule has 0 radical (unpaired) electrons. The van der Waals surface area contributed by atoms with E-state index in [0.717, 1.165) is 37.5 Å². The predicted octanol–water partition coefficient (Wildman–Crippen LogP) is 4.57. The summed E-state index contributed by atoms with van der Waals surface area (Å²) in [6.45, 7) is 2.48. The number of ketones is 1. The van der Waals surface area contributed by atoms with Crippen molar-refractivity contribution in [1.29, 1.82) is 0 Å². The van der Waals surface area contributed by atoms with E-state index in [0.29, 0.717) is 29.9 Å². The lowest BCUT2D eigenvalue weighted by Gasteiger charge is -2.18. The molecule has 1 heterocycles. The van der Waals surface area contributed by atoms with Crippen LogP contribution in [-0.2, 0) is 9.53 Å². The maximum atomic E-state index is 12.5. The Morgan fingerprint density at radius 1 is 1.24 bits per heavy atom. The molecule has 0 N–H and O–H groups in total. The molecule has 2 atom stereocenters. The summed E-state index contributed by atoms with van der Waals surface area (Å²) >= 11 is 0. The Morgan fingerprint density at radius 3 is 2.92 bits per heavy atom. The lowest BCUT2D eigenvalue weighted by Crippen LogP contribution is -2.21. The Bertz CT molecular complexity index is 750. The summed E-state index contributed by atoms with van der Waals surface area (Å²) in [6, 6.07) is 9.29. The van der Waals surface area contributed by atoms with Crippen LogP contribution in [0.15, 0.2) is 36.5 Å². The van der Waals surface area contributed by atoms with Gasteiger partial charge in [0.1, 0.15) is 5.78 Å². The Morgan fingerprint density at radius 2 is 2.08 bits per heavy atom. The first-order valence-corrected chi connectivity index (χ1v) is 9.24. The number of unbranched alkanes of at least 4 members (excludes halogenated alkanes) is 2. The van der Waals surface area contributed by atoms with E-state index in [9.17, 15) is 9.59 Å². The van der Waals surface area contributed by atoms with Crippen LogP contribution in [0.2, 0.25) is 0 Å². The van der Waals surface area contributed by atoms with Gasteiger partial charge in [-0.2, -0.15) is 0 Å². The third kappa shape index (κ3) is 4.06. The predicted molar refractivity (Wildman–Crippen MR) is 97.4 cm³/mol. The number of nitrogens with zero attached hydrogens (tertiary/aromatic N) is 1. The minimum atomic E-state index is -0.351. The van der Waals surface area contributed by atoms with Gasteiger partial charge in [-0.05, 0) is 25.0 Å². The van der Waals surface area contributed by atoms with Crippen molar-refractivity contribution in [2.45, 2.75) is 45.4 Å².